The Morgan fingerprint density at radius 3 is 2.81 bits per heavy atom. The van der Waals surface area contributed by atoms with Crippen LogP contribution in [-0.2, 0) is 9.53 Å². The Hall–Kier alpha value is -1.92. The van der Waals surface area contributed by atoms with Crippen LogP contribution in [0, 0.1) is 13.8 Å². The molecule has 3 rings (SSSR count). The number of aryl methyl sites for hydroxylation is 2. The SMILES string of the molecule is CCCOC(=O)C(C)Sc1ncnc2scc(-c3ccc(C)c(C)c3)c12. The van der Waals surface area contributed by atoms with E-state index in [0.717, 1.165) is 32.8 Å². The number of benzene rings is 1. The zero-order valence-electron chi connectivity index (χ0n) is 15.4. The summed E-state index contributed by atoms with van der Waals surface area (Å²) in [6.45, 7) is 8.53. The molecule has 2 aromatic heterocycles. The fourth-order valence-corrected chi connectivity index (χ4v) is 4.51. The Morgan fingerprint density at radius 2 is 2.08 bits per heavy atom. The quantitative estimate of drug-likeness (QED) is 0.322. The molecule has 3 aromatic rings. The average Bonchev–Trinajstić information content (AvgIpc) is 3.07. The van der Waals surface area contributed by atoms with Crippen molar-refractivity contribution in [2.45, 2.75) is 44.4 Å². The Morgan fingerprint density at radius 1 is 1.27 bits per heavy atom. The standard InChI is InChI=1S/C20H22N2O2S2/c1-5-8-24-20(23)14(4)26-19-17-16(10-25-18(17)21-11-22-19)15-7-6-12(2)13(3)9-15/h6-7,9-11,14H,5,8H2,1-4H3. The fourth-order valence-electron chi connectivity index (χ4n) is 2.59. The van der Waals surface area contributed by atoms with Gasteiger partial charge in [-0.1, -0.05) is 36.9 Å². The summed E-state index contributed by atoms with van der Waals surface area (Å²) in [6.07, 6.45) is 2.39. The first-order chi connectivity index (χ1) is 12.5. The lowest BCUT2D eigenvalue weighted by Gasteiger charge is -2.12. The highest BCUT2D eigenvalue weighted by Gasteiger charge is 2.20. The highest BCUT2D eigenvalue weighted by atomic mass is 32.2. The number of fused-ring (bicyclic) bond motifs is 1. The molecule has 0 bridgehead atoms. The molecule has 0 fully saturated rings. The monoisotopic (exact) mass is 386 g/mol. The largest absolute Gasteiger partial charge is 0.465 e. The van der Waals surface area contributed by atoms with Crippen LogP contribution in [0.3, 0.4) is 0 Å². The Balaban J connectivity index is 1.98. The number of nitrogens with zero attached hydrogens (tertiary/aromatic N) is 2. The number of hydrogen-bond acceptors (Lipinski definition) is 6. The number of thiophene rings is 1. The van der Waals surface area contributed by atoms with Gasteiger partial charge in [0.25, 0.3) is 0 Å². The second-order valence-corrected chi connectivity index (χ2v) is 8.42. The van der Waals surface area contributed by atoms with Gasteiger partial charge in [-0.3, -0.25) is 4.79 Å². The van der Waals surface area contributed by atoms with E-state index in [1.54, 1.807) is 17.7 Å². The zero-order valence-corrected chi connectivity index (χ0v) is 17.0. The van der Waals surface area contributed by atoms with Crippen molar-refractivity contribution in [1.82, 2.24) is 9.97 Å². The molecule has 136 valence electrons. The summed E-state index contributed by atoms with van der Waals surface area (Å²) in [5.41, 5.74) is 4.79. The Kier molecular flexibility index (Phi) is 5.94. The molecule has 0 saturated heterocycles. The molecule has 6 heteroatoms. The van der Waals surface area contributed by atoms with Crippen LogP contribution in [0.5, 0.6) is 0 Å². The van der Waals surface area contributed by atoms with Gasteiger partial charge in [-0.05, 0) is 43.9 Å². The van der Waals surface area contributed by atoms with Crippen LogP contribution in [0.4, 0.5) is 0 Å². The van der Waals surface area contributed by atoms with Gasteiger partial charge in [0.1, 0.15) is 21.4 Å². The number of carbonyl (C=O) groups excluding carboxylic acids is 1. The molecule has 0 radical (unpaired) electrons. The van der Waals surface area contributed by atoms with Gasteiger partial charge < -0.3 is 4.74 Å². The van der Waals surface area contributed by atoms with Crippen molar-refractivity contribution in [3.05, 3.63) is 41.0 Å². The number of thioether (sulfide) groups is 1. The van der Waals surface area contributed by atoms with Crippen LogP contribution in [0.25, 0.3) is 21.3 Å². The average molecular weight is 387 g/mol. The van der Waals surface area contributed by atoms with E-state index >= 15 is 0 Å². The lowest BCUT2D eigenvalue weighted by molar-refractivity contribution is -0.142. The summed E-state index contributed by atoms with van der Waals surface area (Å²) < 4.78 is 5.26. The van der Waals surface area contributed by atoms with Crippen LogP contribution in [-0.4, -0.2) is 27.8 Å². The van der Waals surface area contributed by atoms with E-state index in [2.05, 4.69) is 47.4 Å². The fraction of sp³-hybridized carbons (Fsp3) is 0.350. The van der Waals surface area contributed by atoms with E-state index in [1.807, 2.05) is 13.8 Å². The van der Waals surface area contributed by atoms with Crippen molar-refractivity contribution in [1.29, 1.82) is 0 Å². The molecule has 0 aliphatic carbocycles. The molecule has 1 atom stereocenters. The summed E-state index contributed by atoms with van der Waals surface area (Å²) in [4.78, 5) is 21.9. The molecule has 0 spiro atoms. The van der Waals surface area contributed by atoms with Crippen LogP contribution in [0.2, 0.25) is 0 Å². The van der Waals surface area contributed by atoms with E-state index < -0.39 is 0 Å². The van der Waals surface area contributed by atoms with E-state index in [-0.39, 0.29) is 11.2 Å². The minimum Gasteiger partial charge on any atom is -0.465 e. The molecule has 26 heavy (non-hydrogen) atoms. The number of carbonyl (C=O) groups is 1. The minimum absolute atomic E-state index is 0.202. The van der Waals surface area contributed by atoms with E-state index in [9.17, 15) is 4.79 Å². The van der Waals surface area contributed by atoms with Gasteiger partial charge in [0.2, 0.25) is 0 Å². The summed E-state index contributed by atoms with van der Waals surface area (Å²) in [5, 5.41) is 3.65. The lowest BCUT2D eigenvalue weighted by atomic mass is 10.0. The predicted octanol–water partition coefficient (Wildman–Crippen LogP) is 5.41. The molecule has 0 aliphatic rings. The Bertz CT molecular complexity index is 937. The van der Waals surface area contributed by atoms with Crippen molar-refractivity contribution in [2.75, 3.05) is 6.61 Å². The maximum atomic E-state index is 12.1. The van der Waals surface area contributed by atoms with E-state index in [1.165, 1.54) is 22.9 Å². The van der Waals surface area contributed by atoms with Gasteiger partial charge in [-0.25, -0.2) is 9.97 Å². The van der Waals surface area contributed by atoms with Crippen LogP contribution >= 0.6 is 23.1 Å². The molecule has 0 N–H and O–H groups in total. The first-order valence-corrected chi connectivity index (χ1v) is 10.4. The van der Waals surface area contributed by atoms with Gasteiger partial charge >= 0.3 is 5.97 Å². The highest BCUT2D eigenvalue weighted by Crippen LogP contribution is 2.39. The molecule has 2 heterocycles. The highest BCUT2D eigenvalue weighted by molar-refractivity contribution is 8.00. The molecule has 1 unspecified atom stereocenters. The summed E-state index contributed by atoms with van der Waals surface area (Å²) in [7, 11) is 0. The van der Waals surface area contributed by atoms with Crippen LogP contribution in [0.15, 0.2) is 34.9 Å². The zero-order chi connectivity index (χ0) is 18.7. The molecule has 0 amide bonds. The van der Waals surface area contributed by atoms with Gasteiger partial charge in [0.15, 0.2) is 0 Å². The summed E-state index contributed by atoms with van der Waals surface area (Å²) in [5.74, 6) is -0.202. The second-order valence-electron chi connectivity index (χ2n) is 6.23. The molecule has 1 aromatic carbocycles. The van der Waals surface area contributed by atoms with Crippen molar-refractivity contribution in [3.8, 4) is 11.1 Å². The lowest BCUT2D eigenvalue weighted by Crippen LogP contribution is -2.17. The van der Waals surface area contributed by atoms with Gasteiger partial charge in [0, 0.05) is 10.9 Å². The maximum Gasteiger partial charge on any atom is 0.319 e. The third-order valence-electron chi connectivity index (χ3n) is 4.22. The van der Waals surface area contributed by atoms with Gasteiger partial charge in [-0.15, -0.1) is 11.3 Å². The predicted molar refractivity (Wildman–Crippen MR) is 109 cm³/mol. The molecule has 4 nitrogen and oxygen atoms in total. The number of rotatable bonds is 6. The van der Waals surface area contributed by atoms with E-state index in [0.29, 0.717) is 6.61 Å². The smallest absolute Gasteiger partial charge is 0.319 e. The number of aromatic nitrogens is 2. The molecule has 0 saturated carbocycles. The van der Waals surface area contributed by atoms with Gasteiger partial charge in [0.05, 0.1) is 12.0 Å². The second kappa shape index (κ2) is 8.18. The first kappa shape index (κ1) is 18.9. The molecular weight excluding hydrogens is 364 g/mol. The molecule has 0 aliphatic heterocycles. The van der Waals surface area contributed by atoms with Crippen molar-refractivity contribution in [3.63, 3.8) is 0 Å². The number of hydrogen-bond donors (Lipinski definition) is 0. The normalized spacial score (nSPS) is 12.3. The van der Waals surface area contributed by atoms with Gasteiger partial charge in [-0.2, -0.15) is 0 Å². The third kappa shape index (κ3) is 3.91. The summed E-state index contributed by atoms with van der Waals surface area (Å²) >= 11 is 3.04. The van der Waals surface area contributed by atoms with Crippen LogP contribution in [0.1, 0.15) is 31.4 Å². The van der Waals surface area contributed by atoms with Crippen molar-refractivity contribution >= 4 is 39.3 Å². The minimum atomic E-state index is -0.313. The Labute approximate surface area is 162 Å². The van der Waals surface area contributed by atoms with Crippen molar-refractivity contribution in [2.24, 2.45) is 0 Å². The molecular formula is C20H22N2O2S2. The van der Waals surface area contributed by atoms with Crippen molar-refractivity contribution < 1.29 is 9.53 Å². The third-order valence-corrected chi connectivity index (χ3v) is 6.19. The van der Waals surface area contributed by atoms with Crippen LogP contribution < -0.4 is 0 Å². The first-order valence-electron chi connectivity index (χ1n) is 8.64. The summed E-state index contributed by atoms with van der Waals surface area (Å²) in [6, 6.07) is 6.46. The topological polar surface area (TPSA) is 52.1 Å². The number of ether oxygens (including phenoxy) is 1. The van der Waals surface area contributed by atoms with E-state index in [4.69, 9.17) is 4.74 Å². The maximum absolute atomic E-state index is 12.1. The number of esters is 1.